The van der Waals surface area contributed by atoms with Crippen molar-refractivity contribution in [3.05, 3.63) is 75.1 Å². The first kappa shape index (κ1) is 25.8. The van der Waals surface area contributed by atoms with Gasteiger partial charge in [-0.25, -0.2) is 0 Å². The van der Waals surface area contributed by atoms with Crippen LogP contribution in [0, 0.1) is 11.3 Å². The van der Waals surface area contributed by atoms with Crippen LogP contribution in [0.2, 0.25) is 28.2 Å². The van der Waals surface area contributed by atoms with Crippen molar-refractivity contribution in [3.8, 4) is 22.3 Å². The topological polar surface area (TPSA) is 42.2 Å². The second-order valence-electron chi connectivity index (χ2n) is 9.58. The molecule has 0 aliphatic carbocycles. The summed E-state index contributed by atoms with van der Waals surface area (Å²) in [5.41, 5.74) is 1.05. The molecule has 174 valence electrons. The highest BCUT2D eigenvalue weighted by atomic mass is 35.5. The Morgan fingerprint density at radius 2 is 1.70 bits per heavy atom. The largest absolute Gasteiger partial charge is 0.496 e. The Labute approximate surface area is 212 Å². The van der Waals surface area contributed by atoms with E-state index < -0.39 is 13.9 Å². The highest BCUT2D eigenvalue weighted by Gasteiger charge is 2.48. The first-order chi connectivity index (χ1) is 15.4. The van der Waals surface area contributed by atoms with Crippen molar-refractivity contribution in [3.63, 3.8) is 0 Å². The predicted octanol–water partition coefficient (Wildman–Crippen LogP) is 8.71. The highest BCUT2D eigenvalue weighted by molar-refractivity contribution is 7.13. The van der Waals surface area contributed by atoms with Crippen LogP contribution in [-0.4, -0.2) is 15.4 Å². The van der Waals surface area contributed by atoms with Crippen molar-refractivity contribution in [1.82, 2.24) is 0 Å². The molecule has 0 fully saturated rings. The molecule has 0 radical (unpaired) electrons. The second-order valence-corrected chi connectivity index (χ2v) is 16.1. The minimum atomic E-state index is -2.42. The van der Waals surface area contributed by atoms with Crippen LogP contribution in [0.1, 0.15) is 31.9 Å². The molecule has 3 rings (SSSR count). The lowest BCUT2D eigenvalue weighted by molar-refractivity contribution is 0.108. The molecule has 3 aromatic rings. The van der Waals surface area contributed by atoms with Crippen LogP contribution >= 0.6 is 34.5 Å². The molecule has 7 heteroatoms. The van der Waals surface area contributed by atoms with Crippen molar-refractivity contribution >= 4 is 42.9 Å². The van der Waals surface area contributed by atoms with E-state index in [2.05, 4.69) is 52.1 Å². The summed E-state index contributed by atoms with van der Waals surface area (Å²) in [5, 5.41) is 13.4. The minimum absolute atomic E-state index is 0.119. The highest BCUT2D eigenvalue weighted by Crippen LogP contribution is 2.47. The first-order valence-corrected chi connectivity index (χ1v) is 15.3. The first-order valence-electron chi connectivity index (χ1n) is 10.7. The number of nitriles is 1. The molecule has 0 bridgehead atoms. The van der Waals surface area contributed by atoms with Gasteiger partial charge in [0.15, 0.2) is 13.9 Å². The third-order valence-electron chi connectivity index (χ3n) is 6.31. The number of methoxy groups -OCH3 is 1. The van der Waals surface area contributed by atoms with Gasteiger partial charge >= 0.3 is 0 Å². The Hall–Kier alpha value is -1.81. The summed E-state index contributed by atoms with van der Waals surface area (Å²) in [6.07, 6.45) is 0.252. The third kappa shape index (κ3) is 5.31. The van der Waals surface area contributed by atoms with E-state index in [9.17, 15) is 5.26 Å². The molecule has 0 saturated heterocycles. The molecule has 0 N–H and O–H groups in total. The number of halogens is 2. The fourth-order valence-electron chi connectivity index (χ4n) is 3.55. The van der Waals surface area contributed by atoms with Crippen LogP contribution in [0.25, 0.3) is 10.4 Å². The summed E-state index contributed by atoms with van der Waals surface area (Å²) in [6, 6.07) is 17.9. The fraction of sp³-hybridized carbons (Fsp3) is 0.346. The van der Waals surface area contributed by atoms with E-state index in [1.807, 2.05) is 23.6 Å². The quantitative estimate of drug-likeness (QED) is 0.294. The molecule has 0 aliphatic rings. The van der Waals surface area contributed by atoms with Crippen LogP contribution in [0.15, 0.2) is 53.9 Å². The molecule has 1 unspecified atom stereocenters. The van der Waals surface area contributed by atoms with Gasteiger partial charge in [0.2, 0.25) is 0 Å². The normalized spacial score (nSPS) is 13.9. The lowest BCUT2D eigenvalue weighted by atomic mass is 9.87. The molecule has 0 aliphatic heterocycles. The Balaban J connectivity index is 2.23. The van der Waals surface area contributed by atoms with Crippen molar-refractivity contribution < 1.29 is 9.16 Å². The zero-order chi connectivity index (χ0) is 24.4. The molecular weight excluding hydrogens is 489 g/mol. The lowest BCUT2D eigenvalue weighted by Crippen LogP contribution is -2.49. The van der Waals surface area contributed by atoms with Crippen LogP contribution in [0.4, 0.5) is 0 Å². The van der Waals surface area contributed by atoms with Gasteiger partial charge in [-0.3, -0.25) is 0 Å². The van der Waals surface area contributed by atoms with Gasteiger partial charge in [0.05, 0.1) is 7.11 Å². The average molecular weight is 519 g/mol. The van der Waals surface area contributed by atoms with Gasteiger partial charge in [-0.1, -0.05) is 56.1 Å². The van der Waals surface area contributed by atoms with E-state index in [0.717, 1.165) is 16.0 Å². The summed E-state index contributed by atoms with van der Waals surface area (Å²) in [4.78, 5) is 1.14. The van der Waals surface area contributed by atoms with Crippen LogP contribution in [0.5, 0.6) is 5.75 Å². The van der Waals surface area contributed by atoms with Crippen molar-refractivity contribution in [2.75, 3.05) is 7.11 Å². The number of nitrogens with zero attached hydrogens (tertiary/aromatic N) is 1. The maximum atomic E-state index is 10.7. The molecule has 0 amide bonds. The van der Waals surface area contributed by atoms with Gasteiger partial charge in [-0.05, 0) is 71.0 Å². The van der Waals surface area contributed by atoms with Crippen molar-refractivity contribution in [2.24, 2.45) is 0 Å². The van der Waals surface area contributed by atoms with Gasteiger partial charge in [-0.2, -0.15) is 5.26 Å². The van der Waals surface area contributed by atoms with E-state index in [-0.39, 0.29) is 11.5 Å². The number of ether oxygens (including phenoxy) is 1. The van der Waals surface area contributed by atoms with E-state index >= 15 is 0 Å². The predicted molar refractivity (Wildman–Crippen MR) is 142 cm³/mol. The zero-order valence-corrected chi connectivity index (χ0v) is 23.2. The van der Waals surface area contributed by atoms with Crippen LogP contribution in [0.3, 0.4) is 0 Å². The Bertz CT molecular complexity index is 1150. The Kier molecular flexibility index (Phi) is 7.67. The maximum absolute atomic E-state index is 10.7. The molecular formula is C26H29Cl2NO2SSi. The van der Waals surface area contributed by atoms with E-state index in [4.69, 9.17) is 32.4 Å². The number of thiophene rings is 1. The Morgan fingerprint density at radius 3 is 2.21 bits per heavy atom. The summed E-state index contributed by atoms with van der Waals surface area (Å²) in [5.74, 6) is 0.692. The molecule has 1 aromatic heterocycles. The molecule has 0 saturated carbocycles. The number of hydrogen-bond acceptors (Lipinski definition) is 4. The van der Waals surface area contributed by atoms with Gasteiger partial charge in [0.1, 0.15) is 11.8 Å². The maximum Gasteiger partial charge on any atom is 0.194 e. The van der Waals surface area contributed by atoms with E-state index in [0.29, 0.717) is 21.4 Å². The number of hydrogen-bond donors (Lipinski definition) is 0. The van der Waals surface area contributed by atoms with Gasteiger partial charge in [0, 0.05) is 26.9 Å². The molecule has 33 heavy (non-hydrogen) atoms. The molecule has 0 spiro atoms. The molecule has 1 heterocycles. The Morgan fingerprint density at radius 1 is 1.03 bits per heavy atom. The lowest BCUT2D eigenvalue weighted by Gasteiger charge is -2.43. The molecule has 3 nitrogen and oxygen atoms in total. The standard InChI is InChI=1S/C26H29Cl2NO2SSi/c1-25(2,3)33(5,6)31-26(17-29,24-20(27)9-7-10-21(24)28)16-19-15-18(12-13-22(19)30-4)23-11-8-14-32-23/h7-15H,16H2,1-6H3. The summed E-state index contributed by atoms with van der Waals surface area (Å²) in [6.45, 7) is 10.7. The van der Waals surface area contributed by atoms with Crippen LogP contribution < -0.4 is 4.74 Å². The second kappa shape index (κ2) is 9.81. The fourth-order valence-corrected chi connectivity index (χ4v) is 6.37. The SMILES string of the molecule is COc1ccc(-c2cccs2)cc1CC(C#N)(O[Si](C)(C)C(C)(C)C)c1c(Cl)cccc1Cl. The van der Waals surface area contributed by atoms with Crippen molar-refractivity contribution in [2.45, 2.75) is 50.9 Å². The van der Waals surface area contributed by atoms with Gasteiger partial charge < -0.3 is 9.16 Å². The van der Waals surface area contributed by atoms with E-state index in [1.165, 1.54) is 0 Å². The van der Waals surface area contributed by atoms with Crippen molar-refractivity contribution in [1.29, 1.82) is 5.26 Å². The number of benzene rings is 2. The smallest absolute Gasteiger partial charge is 0.194 e. The average Bonchev–Trinajstić information content (AvgIpc) is 3.27. The minimum Gasteiger partial charge on any atom is -0.496 e. The molecule has 2 aromatic carbocycles. The summed E-state index contributed by atoms with van der Waals surface area (Å²) >= 11 is 15.0. The van der Waals surface area contributed by atoms with Gasteiger partial charge in [-0.15, -0.1) is 11.3 Å². The number of rotatable bonds is 7. The van der Waals surface area contributed by atoms with Crippen LogP contribution in [-0.2, 0) is 16.4 Å². The summed E-state index contributed by atoms with van der Waals surface area (Å²) in [7, 11) is -0.783. The monoisotopic (exact) mass is 517 g/mol. The van der Waals surface area contributed by atoms with E-state index in [1.54, 1.807) is 36.6 Å². The third-order valence-corrected chi connectivity index (χ3v) is 12.3. The zero-order valence-electron chi connectivity index (χ0n) is 19.8. The summed E-state index contributed by atoms with van der Waals surface area (Å²) < 4.78 is 12.6. The van der Waals surface area contributed by atoms with Gasteiger partial charge in [0.25, 0.3) is 0 Å². The molecule has 1 atom stereocenters.